The first kappa shape index (κ1) is 12.4. The van der Waals surface area contributed by atoms with Gasteiger partial charge in [-0.2, -0.15) is 0 Å². The fourth-order valence-corrected chi connectivity index (χ4v) is 3.22. The maximum Gasteiger partial charge on any atom is 0.256 e. The van der Waals surface area contributed by atoms with Gasteiger partial charge in [0.15, 0.2) is 0 Å². The second-order valence-corrected chi connectivity index (χ2v) is 5.61. The van der Waals surface area contributed by atoms with E-state index < -0.39 is 0 Å². The molecule has 1 aromatic carbocycles. The number of fused-ring (bicyclic) bond motifs is 2. The van der Waals surface area contributed by atoms with Crippen LogP contribution in [0.4, 0.5) is 10.1 Å². The molecule has 0 atom stereocenters. The highest BCUT2D eigenvalue weighted by Crippen LogP contribution is 2.35. The van der Waals surface area contributed by atoms with E-state index in [-0.39, 0.29) is 11.7 Å². The second kappa shape index (κ2) is 4.58. The number of aromatic nitrogens is 1. The molecule has 1 amide bonds. The number of H-pyrrole nitrogens is 1. The van der Waals surface area contributed by atoms with Crippen LogP contribution in [0.3, 0.4) is 0 Å². The van der Waals surface area contributed by atoms with Crippen LogP contribution in [0.25, 0.3) is 11.6 Å². The van der Waals surface area contributed by atoms with Crippen molar-refractivity contribution >= 4 is 23.2 Å². The zero-order chi connectivity index (χ0) is 14.4. The second-order valence-electron chi connectivity index (χ2n) is 5.61. The van der Waals surface area contributed by atoms with E-state index >= 15 is 0 Å². The van der Waals surface area contributed by atoms with Crippen LogP contribution in [0.15, 0.2) is 24.4 Å². The molecule has 0 fully saturated rings. The highest BCUT2D eigenvalue weighted by atomic mass is 19.1. The summed E-state index contributed by atoms with van der Waals surface area (Å²) in [5, 5.41) is 2.78. The smallest absolute Gasteiger partial charge is 0.256 e. The number of aryl methyl sites for hydroxylation is 1. The molecule has 0 saturated carbocycles. The summed E-state index contributed by atoms with van der Waals surface area (Å²) in [6.45, 7) is 0. The molecule has 1 aromatic heterocycles. The van der Waals surface area contributed by atoms with E-state index in [2.05, 4.69) is 10.3 Å². The van der Waals surface area contributed by atoms with Gasteiger partial charge in [-0.25, -0.2) is 4.39 Å². The van der Waals surface area contributed by atoms with E-state index in [0.29, 0.717) is 16.8 Å². The number of hydrogen-bond donors (Lipinski definition) is 2. The molecule has 106 valence electrons. The maximum atomic E-state index is 13.4. The number of carbonyl (C=O) groups is 1. The summed E-state index contributed by atoms with van der Waals surface area (Å²) in [5.41, 5.74) is 5.48. The Morgan fingerprint density at radius 3 is 2.95 bits per heavy atom. The topological polar surface area (TPSA) is 44.9 Å². The molecule has 0 saturated heterocycles. The molecule has 2 N–H and O–H groups in total. The minimum Gasteiger partial charge on any atom is -0.364 e. The number of hydrogen-bond acceptors (Lipinski definition) is 1. The van der Waals surface area contributed by atoms with Gasteiger partial charge in [-0.3, -0.25) is 4.79 Å². The lowest BCUT2D eigenvalue weighted by molar-refractivity contribution is -0.110. The van der Waals surface area contributed by atoms with Crippen molar-refractivity contribution in [3.05, 3.63) is 52.6 Å². The van der Waals surface area contributed by atoms with Crippen molar-refractivity contribution in [3.63, 3.8) is 0 Å². The predicted molar refractivity (Wildman–Crippen MR) is 80.3 cm³/mol. The van der Waals surface area contributed by atoms with Gasteiger partial charge in [-0.15, -0.1) is 0 Å². The Balaban J connectivity index is 1.82. The number of benzene rings is 1. The van der Waals surface area contributed by atoms with Crippen LogP contribution in [-0.2, 0) is 17.6 Å². The SMILES string of the molecule is O=C1Nc2ccc(F)cc2C1=Cc1c[nH]c2c1CCCC2. The van der Waals surface area contributed by atoms with Crippen molar-refractivity contribution in [1.82, 2.24) is 4.98 Å². The number of aromatic amines is 1. The van der Waals surface area contributed by atoms with Crippen molar-refractivity contribution in [2.24, 2.45) is 0 Å². The van der Waals surface area contributed by atoms with E-state index in [1.165, 1.54) is 36.2 Å². The van der Waals surface area contributed by atoms with Crippen LogP contribution in [-0.4, -0.2) is 10.9 Å². The first-order chi connectivity index (χ1) is 10.2. The van der Waals surface area contributed by atoms with Gasteiger partial charge < -0.3 is 10.3 Å². The Morgan fingerprint density at radius 2 is 2.05 bits per heavy atom. The normalized spacial score (nSPS) is 18.5. The number of halogens is 1. The van der Waals surface area contributed by atoms with Crippen LogP contribution in [0.2, 0.25) is 0 Å². The van der Waals surface area contributed by atoms with Gasteiger partial charge in [-0.05, 0) is 61.1 Å². The van der Waals surface area contributed by atoms with Gasteiger partial charge in [-0.1, -0.05) is 0 Å². The van der Waals surface area contributed by atoms with E-state index in [1.807, 2.05) is 12.3 Å². The first-order valence-corrected chi connectivity index (χ1v) is 7.24. The minimum atomic E-state index is -0.327. The summed E-state index contributed by atoms with van der Waals surface area (Å²) in [4.78, 5) is 15.4. The molecule has 2 aromatic rings. The molecular formula is C17H15FN2O. The average molecular weight is 282 g/mol. The van der Waals surface area contributed by atoms with Gasteiger partial charge in [0.05, 0.1) is 0 Å². The molecule has 4 heteroatoms. The van der Waals surface area contributed by atoms with E-state index in [4.69, 9.17) is 0 Å². The van der Waals surface area contributed by atoms with Gasteiger partial charge in [0.25, 0.3) is 5.91 Å². The number of anilines is 1. The van der Waals surface area contributed by atoms with Crippen molar-refractivity contribution in [1.29, 1.82) is 0 Å². The summed E-state index contributed by atoms with van der Waals surface area (Å²) in [6.07, 6.45) is 8.32. The number of rotatable bonds is 1. The van der Waals surface area contributed by atoms with Crippen LogP contribution >= 0.6 is 0 Å². The number of nitrogens with one attached hydrogen (secondary N) is 2. The van der Waals surface area contributed by atoms with Crippen molar-refractivity contribution < 1.29 is 9.18 Å². The lowest BCUT2D eigenvalue weighted by Crippen LogP contribution is -2.04. The lowest BCUT2D eigenvalue weighted by atomic mass is 9.94. The Kier molecular flexibility index (Phi) is 2.70. The molecule has 2 aliphatic rings. The highest BCUT2D eigenvalue weighted by Gasteiger charge is 2.25. The molecule has 0 bridgehead atoms. The van der Waals surface area contributed by atoms with Gasteiger partial charge >= 0.3 is 0 Å². The molecule has 21 heavy (non-hydrogen) atoms. The Labute approximate surface area is 121 Å². The summed E-state index contributed by atoms with van der Waals surface area (Å²) in [7, 11) is 0. The van der Waals surface area contributed by atoms with Gasteiger partial charge in [0, 0.05) is 28.7 Å². The number of amides is 1. The zero-order valence-corrected chi connectivity index (χ0v) is 11.5. The molecule has 2 heterocycles. The molecule has 1 aliphatic carbocycles. The van der Waals surface area contributed by atoms with Crippen LogP contribution in [0, 0.1) is 5.82 Å². The van der Waals surface area contributed by atoms with Crippen molar-refractivity contribution in [3.8, 4) is 0 Å². The van der Waals surface area contributed by atoms with Crippen molar-refractivity contribution in [2.75, 3.05) is 5.32 Å². The van der Waals surface area contributed by atoms with Gasteiger partial charge in [0.1, 0.15) is 5.82 Å². The largest absolute Gasteiger partial charge is 0.364 e. The molecule has 0 spiro atoms. The molecule has 0 radical (unpaired) electrons. The van der Waals surface area contributed by atoms with Crippen LogP contribution in [0.5, 0.6) is 0 Å². The third kappa shape index (κ3) is 1.98. The fraction of sp³-hybridized carbons (Fsp3) is 0.235. The molecular weight excluding hydrogens is 267 g/mol. The highest BCUT2D eigenvalue weighted by molar-refractivity contribution is 6.34. The average Bonchev–Trinajstić information content (AvgIpc) is 3.02. The third-order valence-corrected chi connectivity index (χ3v) is 4.28. The fourth-order valence-electron chi connectivity index (χ4n) is 3.22. The summed E-state index contributed by atoms with van der Waals surface area (Å²) < 4.78 is 13.4. The first-order valence-electron chi connectivity index (χ1n) is 7.24. The monoisotopic (exact) mass is 282 g/mol. The van der Waals surface area contributed by atoms with Crippen LogP contribution < -0.4 is 5.32 Å². The summed E-state index contributed by atoms with van der Waals surface area (Å²) in [6, 6.07) is 4.38. The Morgan fingerprint density at radius 1 is 1.19 bits per heavy atom. The summed E-state index contributed by atoms with van der Waals surface area (Å²) in [5.74, 6) is -0.492. The number of carbonyl (C=O) groups excluding carboxylic acids is 1. The van der Waals surface area contributed by atoms with E-state index in [1.54, 1.807) is 6.07 Å². The Hall–Kier alpha value is -2.36. The minimum absolute atomic E-state index is 0.165. The quantitative estimate of drug-likeness (QED) is 0.772. The van der Waals surface area contributed by atoms with E-state index in [9.17, 15) is 9.18 Å². The van der Waals surface area contributed by atoms with Gasteiger partial charge in [0.2, 0.25) is 0 Å². The van der Waals surface area contributed by atoms with Crippen molar-refractivity contribution in [2.45, 2.75) is 25.7 Å². The predicted octanol–water partition coefficient (Wildman–Crippen LogP) is 3.53. The third-order valence-electron chi connectivity index (χ3n) is 4.28. The van der Waals surface area contributed by atoms with E-state index in [0.717, 1.165) is 18.4 Å². The van der Waals surface area contributed by atoms with Crippen LogP contribution in [0.1, 0.15) is 35.2 Å². The lowest BCUT2D eigenvalue weighted by Gasteiger charge is -2.11. The molecule has 1 aliphatic heterocycles. The molecule has 4 rings (SSSR count). The summed E-state index contributed by atoms with van der Waals surface area (Å²) >= 11 is 0. The molecule has 3 nitrogen and oxygen atoms in total. The molecule has 0 unspecified atom stereocenters. The maximum absolute atomic E-state index is 13.4. The zero-order valence-electron chi connectivity index (χ0n) is 11.5. The standard InChI is InChI=1S/C17H15FN2O/c18-11-5-6-16-13(8-11)14(17(21)20-16)7-10-9-19-15-4-2-1-3-12(10)15/h5-9,19H,1-4H2,(H,20,21). The Bertz CT molecular complexity index is 773.